The van der Waals surface area contributed by atoms with Gasteiger partial charge in [0.2, 0.25) is 5.78 Å². The molecule has 34 heavy (non-hydrogen) atoms. The maximum atomic E-state index is 13.9. The fourth-order valence-electron chi connectivity index (χ4n) is 6.62. The van der Waals surface area contributed by atoms with Gasteiger partial charge < -0.3 is 20.4 Å². The summed E-state index contributed by atoms with van der Waals surface area (Å²) in [4.78, 5) is 38.8. The van der Waals surface area contributed by atoms with E-state index in [4.69, 9.17) is 0 Å². The van der Waals surface area contributed by atoms with E-state index in [0.29, 0.717) is 18.4 Å². The lowest BCUT2D eigenvalue weighted by Crippen LogP contribution is -2.65. The van der Waals surface area contributed by atoms with Crippen molar-refractivity contribution in [2.24, 2.45) is 10.8 Å². The van der Waals surface area contributed by atoms with Gasteiger partial charge >= 0.3 is 0 Å². The van der Waals surface area contributed by atoms with Crippen LogP contribution in [0, 0.1) is 10.8 Å². The summed E-state index contributed by atoms with van der Waals surface area (Å²) in [6, 6.07) is 1.94. The zero-order valence-corrected chi connectivity index (χ0v) is 20.3. The van der Waals surface area contributed by atoms with Gasteiger partial charge in [0.1, 0.15) is 22.8 Å². The Morgan fingerprint density at radius 1 is 1.06 bits per heavy atom. The number of hydrogen-bond acceptors (Lipinski definition) is 7. The first kappa shape index (κ1) is 24.2. The van der Waals surface area contributed by atoms with Gasteiger partial charge in [-0.05, 0) is 49.3 Å². The topological polar surface area (TPSA) is 132 Å². The van der Waals surface area contributed by atoms with E-state index in [9.17, 15) is 34.8 Å². The first-order chi connectivity index (χ1) is 15.8. The molecule has 1 aromatic rings. The average Bonchev–Trinajstić information content (AvgIpc) is 2.72. The lowest BCUT2D eigenvalue weighted by Gasteiger charge is -2.56. The maximum absolute atomic E-state index is 13.9. The number of rotatable bonds is 4. The van der Waals surface area contributed by atoms with Gasteiger partial charge in [0.15, 0.2) is 17.2 Å². The molecule has 3 aliphatic rings. The Morgan fingerprint density at radius 3 is 2.26 bits per heavy atom. The van der Waals surface area contributed by atoms with Gasteiger partial charge in [-0.25, -0.2) is 0 Å². The van der Waals surface area contributed by atoms with Gasteiger partial charge in [-0.1, -0.05) is 40.2 Å². The molecule has 182 valence electrons. The molecule has 4 N–H and O–H groups in total. The molecule has 1 fully saturated rings. The second kappa shape index (κ2) is 7.54. The van der Waals surface area contributed by atoms with Crippen LogP contribution in [0.15, 0.2) is 23.0 Å². The van der Waals surface area contributed by atoms with E-state index in [1.807, 2.05) is 19.9 Å². The van der Waals surface area contributed by atoms with E-state index in [1.54, 1.807) is 13.8 Å². The lowest BCUT2D eigenvalue weighted by atomic mass is 9.47. The molecule has 0 bridgehead atoms. The van der Waals surface area contributed by atoms with Gasteiger partial charge in [-0.3, -0.25) is 14.4 Å². The van der Waals surface area contributed by atoms with Crippen molar-refractivity contribution in [1.82, 2.24) is 0 Å². The van der Waals surface area contributed by atoms with Crippen molar-refractivity contribution in [2.75, 3.05) is 0 Å². The number of benzene rings is 1. The number of carbonyl (C=O) groups is 3. The highest BCUT2D eigenvalue weighted by molar-refractivity contribution is 6.23. The van der Waals surface area contributed by atoms with Gasteiger partial charge in [-0.2, -0.15) is 0 Å². The Hall–Kier alpha value is -2.93. The molecule has 0 spiro atoms. The Labute approximate surface area is 198 Å². The van der Waals surface area contributed by atoms with E-state index >= 15 is 0 Å². The van der Waals surface area contributed by atoms with Crippen LogP contribution in [0.1, 0.15) is 76.1 Å². The quantitative estimate of drug-likeness (QED) is 0.494. The highest BCUT2D eigenvalue weighted by Crippen LogP contribution is 2.62. The number of aliphatic hydroxyl groups excluding tert-OH is 2. The molecule has 0 radical (unpaired) electrons. The number of hydrogen-bond donors (Lipinski definition) is 4. The Kier molecular flexibility index (Phi) is 5.36. The third-order valence-corrected chi connectivity index (χ3v) is 8.09. The zero-order valence-electron chi connectivity index (χ0n) is 20.3. The van der Waals surface area contributed by atoms with Crippen LogP contribution >= 0.6 is 0 Å². The molecule has 1 saturated carbocycles. The Bertz CT molecular complexity index is 1220. The first-order valence-electron chi connectivity index (χ1n) is 11.8. The first-order valence-corrected chi connectivity index (χ1v) is 11.8. The number of ketones is 3. The van der Waals surface area contributed by atoms with Gasteiger partial charge in [0.25, 0.3) is 0 Å². The highest BCUT2D eigenvalue weighted by atomic mass is 16.3. The summed E-state index contributed by atoms with van der Waals surface area (Å²) in [7, 11) is 0. The largest absolute Gasteiger partial charge is 0.508 e. The third-order valence-electron chi connectivity index (χ3n) is 8.09. The summed E-state index contributed by atoms with van der Waals surface area (Å²) in [5, 5.41) is 45.0. The fourth-order valence-corrected chi connectivity index (χ4v) is 6.62. The van der Waals surface area contributed by atoms with Gasteiger partial charge in [0, 0.05) is 22.8 Å². The van der Waals surface area contributed by atoms with Crippen LogP contribution in [-0.4, -0.2) is 43.4 Å². The van der Waals surface area contributed by atoms with E-state index < -0.39 is 50.9 Å². The van der Waals surface area contributed by atoms with E-state index in [2.05, 4.69) is 0 Å². The summed E-state index contributed by atoms with van der Waals surface area (Å²) in [5.41, 5.74) is -2.95. The molecule has 0 aromatic heterocycles. The van der Waals surface area contributed by atoms with Crippen molar-refractivity contribution in [2.45, 2.75) is 78.7 Å². The molecule has 3 aliphatic carbocycles. The second-order valence-corrected chi connectivity index (χ2v) is 10.6. The van der Waals surface area contributed by atoms with Crippen molar-refractivity contribution in [3.05, 3.63) is 45.2 Å². The molecular formula is C27H32O7. The van der Waals surface area contributed by atoms with Crippen LogP contribution in [-0.2, 0) is 33.6 Å². The third kappa shape index (κ3) is 2.89. The van der Waals surface area contributed by atoms with Crippen molar-refractivity contribution in [1.29, 1.82) is 0 Å². The predicted molar refractivity (Wildman–Crippen MR) is 125 cm³/mol. The molecule has 0 heterocycles. The molecule has 3 atom stereocenters. The fraction of sp³-hybridized carbons (Fsp3) is 0.519. The van der Waals surface area contributed by atoms with E-state index in [0.717, 1.165) is 30.9 Å². The minimum Gasteiger partial charge on any atom is -0.508 e. The van der Waals surface area contributed by atoms with Crippen LogP contribution < -0.4 is 0 Å². The second-order valence-electron chi connectivity index (χ2n) is 10.6. The van der Waals surface area contributed by atoms with E-state index in [-0.39, 0.29) is 29.7 Å². The maximum Gasteiger partial charge on any atom is 0.203 e. The number of phenols is 1. The smallest absolute Gasteiger partial charge is 0.203 e. The van der Waals surface area contributed by atoms with Crippen LogP contribution in [0.2, 0.25) is 0 Å². The van der Waals surface area contributed by atoms with Crippen LogP contribution in [0.25, 0.3) is 5.76 Å². The Balaban J connectivity index is 2.05. The van der Waals surface area contributed by atoms with Crippen molar-refractivity contribution >= 4 is 23.1 Å². The SMILES string of the molecule is CCCc1cc(CC)c(O)c2c1C[C@]1(C)C[C@]3(C)CC(=O)C(C(C)=O)=C(O)[C@]3(O)C(=O)C1=C2O. The van der Waals surface area contributed by atoms with Gasteiger partial charge in [0.05, 0.1) is 5.56 Å². The number of aliphatic hydroxyl groups is 3. The number of phenolic OH excluding ortho intramolecular Hbond substituents is 1. The monoisotopic (exact) mass is 468 g/mol. The molecule has 0 amide bonds. The average molecular weight is 469 g/mol. The number of carbonyl (C=O) groups excluding carboxylic acids is 3. The Morgan fingerprint density at radius 2 is 1.71 bits per heavy atom. The molecule has 4 rings (SSSR count). The summed E-state index contributed by atoms with van der Waals surface area (Å²) >= 11 is 0. The molecule has 0 aliphatic heterocycles. The summed E-state index contributed by atoms with van der Waals surface area (Å²) < 4.78 is 0. The van der Waals surface area contributed by atoms with Crippen LogP contribution in [0.4, 0.5) is 0 Å². The zero-order chi connectivity index (χ0) is 25.4. The molecule has 1 aromatic carbocycles. The number of Topliss-reactive ketones (excluding diaryl/α,β-unsaturated/α-hetero) is 3. The molecule has 7 nitrogen and oxygen atoms in total. The number of aromatic hydroxyl groups is 1. The minimum atomic E-state index is -2.54. The van der Waals surface area contributed by atoms with Gasteiger partial charge in [-0.15, -0.1) is 0 Å². The molecule has 0 unspecified atom stereocenters. The molecular weight excluding hydrogens is 436 g/mol. The number of aryl methyl sites for hydroxylation is 2. The predicted octanol–water partition coefficient (Wildman–Crippen LogP) is 3.82. The summed E-state index contributed by atoms with van der Waals surface area (Å²) in [6.45, 7) is 8.39. The number of fused-ring (bicyclic) bond motifs is 3. The molecule has 7 heteroatoms. The van der Waals surface area contributed by atoms with Crippen molar-refractivity contribution < 1.29 is 34.8 Å². The minimum absolute atomic E-state index is 0.0882. The van der Waals surface area contributed by atoms with Crippen LogP contribution in [0.5, 0.6) is 5.75 Å². The number of allylic oxidation sites excluding steroid dienone is 1. The molecule has 0 saturated heterocycles. The lowest BCUT2D eigenvalue weighted by molar-refractivity contribution is -0.164. The highest BCUT2D eigenvalue weighted by Gasteiger charge is 2.68. The summed E-state index contributed by atoms with van der Waals surface area (Å²) in [6.07, 6.45) is 2.26. The van der Waals surface area contributed by atoms with Crippen molar-refractivity contribution in [3.63, 3.8) is 0 Å². The standard InChI is InChI=1S/C27H32O7/c1-6-8-15-9-14(7-2)21(30)19-16(15)10-25(4)12-26(5)11-17(29)18(13(3)28)23(32)27(26,34)24(33)20(25)22(19)31/h9,30-32,34H,6-8,10-12H2,1-5H3/t25-,26+,27+/m1/s1. The van der Waals surface area contributed by atoms with E-state index in [1.165, 1.54) is 0 Å². The normalized spacial score (nSPS) is 30.8. The summed E-state index contributed by atoms with van der Waals surface area (Å²) in [5.74, 6) is -3.74. The van der Waals surface area contributed by atoms with Crippen LogP contribution in [0.3, 0.4) is 0 Å². The van der Waals surface area contributed by atoms with Crippen molar-refractivity contribution in [3.8, 4) is 5.75 Å².